The highest BCUT2D eigenvalue weighted by atomic mass is 16.2. The van der Waals surface area contributed by atoms with Gasteiger partial charge in [-0.1, -0.05) is 54.6 Å². The van der Waals surface area contributed by atoms with E-state index in [9.17, 15) is 9.59 Å². The van der Waals surface area contributed by atoms with Crippen molar-refractivity contribution in [2.75, 3.05) is 5.01 Å². The van der Waals surface area contributed by atoms with Gasteiger partial charge in [0.2, 0.25) is 0 Å². The third-order valence-electron chi connectivity index (χ3n) is 5.02. The molecule has 2 heterocycles. The van der Waals surface area contributed by atoms with E-state index in [1.807, 2.05) is 84.9 Å². The molecule has 0 unspecified atom stereocenters. The molecule has 0 spiro atoms. The number of hydrogen-bond acceptors (Lipinski definition) is 3. The molecule has 6 nitrogen and oxygen atoms in total. The van der Waals surface area contributed by atoms with E-state index in [1.165, 1.54) is 9.69 Å². The maximum Gasteiger partial charge on any atom is 0.271 e. The second-order valence-electron chi connectivity index (χ2n) is 7.02. The van der Waals surface area contributed by atoms with E-state index in [2.05, 4.69) is 10.2 Å². The summed E-state index contributed by atoms with van der Waals surface area (Å²) in [6, 6.07) is 28.1. The molecule has 1 aromatic heterocycles. The fraction of sp³-hybridized carbons (Fsp3) is 0.0417. The summed E-state index contributed by atoms with van der Waals surface area (Å²) in [5.41, 5.74) is 4.50. The normalized spacial score (nSPS) is 13.5. The van der Waals surface area contributed by atoms with Gasteiger partial charge >= 0.3 is 0 Å². The molecule has 1 amide bonds. The highest BCUT2D eigenvalue weighted by Crippen LogP contribution is 2.25. The lowest BCUT2D eigenvalue weighted by Gasteiger charge is -2.10. The molecule has 1 aliphatic heterocycles. The van der Waals surface area contributed by atoms with E-state index in [1.54, 1.807) is 6.07 Å². The van der Waals surface area contributed by atoms with Gasteiger partial charge in [-0.25, -0.2) is 9.69 Å². The third kappa shape index (κ3) is 3.24. The lowest BCUT2D eigenvalue weighted by atomic mass is 10.0. The van der Waals surface area contributed by atoms with Crippen LogP contribution in [0.15, 0.2) is 101 Å². The van der Waals surface area contributed by atoms with E-state index in [0.717, 1.165) is 22.5 Å². The number of rotatable bonds is 4. The number of nitrogens with one attached hydrogen (secondary N) is 1. The van der Waals surface area contributed by atoms with Crippen molar-refractivity contribution >= 4 is 17.3 Å². The van der Waals surface area contributed by atoms with E-state index in [-0.39, 0.29) is 17.9 Å². The number of carbonyl (C=O) groups is 1. The summed E-state index contributed by atoms with van der Waals surface area (Å²) in [5.74, 6) is -0.0646. The third-order valence-corrected chi connectivity index (χ3v) is 5.02. The van der Waals surface area contributed by atoms with Crippen LogP contribution in [0.2, 0.25) is 0 Å². The molecular weight excluding hydrogens is 376 g/mol. The van der Waals surface area contributed by atoms with Crippen molar-refractivity contribution in [1.29, 1.82) is 0 Å². The summed E-state index contributed by atoms with van der Waals surface area (Å²) in [6.07, 6.45) is 0.236. The lowest BCUT2D eigenvalue weighted by Crippen LogP contribution is -2.19. The van der Waals surface area contributed by atoms with Gasteiger partial charge < -0.3 is 0 Å². The van der Waals surface area contributed by atoms with Gasteiger partial charge in [0.05, 0.1) is 29.2 Å². The molecule has 1 N–H and O–H groups in total. The molecule has 0 saturated carbocycles. The highest BCUT2D eigenvalue weighted by Gasteiger charge is 2.26. The SMILES string of the molecule is O=C1CC(c2cccc(-c3cc(=O)n(-c4ccccc4)[nH]3)c2)=NN1c1ccccc1. The largest absolute Gasteiger partial charge is 0.290 e. The van der Waals surface area contributed by atoms with Gasteiger partial charge in [-0.3, -0.25) is 14.7 Å². The van der Waals surface area contributed by atoms with Gasteiger partial charge in [-0.2, -0.15) is 5.10 Å². The number of carbonyl (C=O) groups excluding carboxylic acids is 1. The first-order valence-corrected chi connectivity index (χ1v) is 9.63. The zero-order valence-electron chi connectivity index (χ0n) is 16.0. The van der Waals surface area contributed by atoms with Crippen molar-refractivity contribution in [2.24, 2.45) is 5.10 Å². The number of anilines is 1. The van der Waals surface area contributed by atoms with Gasteiger partial charge in [0.1, 0.15) is 0 Å². The number of aromatic nitrogens is 2. The summed E-state index contributed by atoms with van der Waals surface area (Å²) in [4.78, 5) is 24.9. The molecule has 0 saturated heterocycles. The molecule has 5 rings (SSSR count). The summed E-state index contributed by atoms with van der Waals surface area (Å²) in [6.45, 7) is 0. The van der Waals surface area contributed by atoms with Crippen LogP contribution in [-0.2, 0) is 4.79 Å². The van der Waals surface area contributed by atoms with Crippen LogP contribution in [0.4, 0.5) is 5.69 Å². The zero-order chi connectivity index (χ0) is 20.5. The lowest BCUT2D eigenvalue weighted by molar-refractivity contribution is -0.116. The van der Waals surface area contributed by atoms with Crippen molar-refractivity contribution in [1.82, 2.24) is 9.78 Å². The van der Waals surface area contributed by atoms with Gasteiger partial charge in [-0.15, -0.1) is 0 Å². The monoisotopic (exact) mass is 394 g/mol. The fourth-order valence-electron chi connectivity index (χ4n) is 3.54. The Morgan fingerprint density at radius 2 is 1.40 bits per heavy atom. The Labute approximate surface area is 172 Å². The molecule has 3 aromatic carbocycles. The molecule has 0 fully saturated rings. The molecule has 0 bridgehead atoms. The van der Waals surface area contributed by atoms with Crippen LogP contribution in [0, 0.1) is 0 Å². The number of benzene rings is 3. The number of aromatic amines is 1. The molecule has 0 atom stereocenters. The zero-order valence-corrected chi connectivity index (χ0v) is 16.0. The van der Waals surface area contributed by atoms with Crippen molar-refractivity contribution in [3.8, 4) is 16.9 Å². The van der Waals surface area contributed by atoms with Crippen LogP contribution in [0.3, 0.4) is 0 Å². The van der Waals surface area contributed by atoms with E-state index in [0.29, 0.717) is 11.4 Å². The number of amides is 1. The first kappa shape index (κ1) is 17.9. The molecule has 1 aliphatic rings. The Balaban J connectivity index is 1.49. The average molecular weight is 394 g/mol. The minimum absolute atomic E-state index is 0.0646. The van der Waals surface area contributed by atoms with Crippen molar-refractivity contribution in [3.63, 3.8) is 0 Å². The van der Waals surface area contributed by atoms with Crippen LogP contribution in [0.5, 0.6) is 0 Å². The van der Waals surface area contributed by atoms with Crippen LogP contribution < -0.4 is 10.6 Å². The minimum atomic E-state index is -0.134. The Hall–Kier alpha value is -4.19. The molecule has 0 radical (unpaired) electrons. The van der Waals surface area contributed by atoms with E-state index < -0.39 is 0 Å². The molecule has 6 heteroatoms. The van der Waals surface area contributed by atoms with E-state index in [4.69, 9.17) is 0 Å². The van der Waals surface area contributed by atoms with Crippen LogP contribution in [-0.4, -0.2) is 21.4 Å². The van der Waals surface area contributed by atoms with Gasteiger partial charge in [0.15, 0.2) is 0 Å². The first-order chi connectivity index (χ1) is 14.7. The topological polar surface area (TPSA) is 70.5 Å². The Kier molecular flexibility index (Phi) is 4.37. The van der Waals surface area contributed by atoms with Crippen LogP contribution >= 0.6 is 0 Å². The minimum Gasteiger partial charge on any atom is -0.290 e. The number of nitrogens with zero attached hydrogens (tertiary/aromatic N) is 3. The first-order valence-electron chi connectivity index (χ1n) is 9.63. The van der Waals surface area contributed by atoms with Gasteiger partial charge in [0.25, 0.3) is 11.5 Å². The van der Waals surface area contributed by atoms with E-state index >= 15 is 0 Å². The molecule has 146 valence electrons. The van der Waals surface area contributed by atoms with Crippen molar-refractivity contribution in [3.05, 3.63) is 107 Å². The number of para-hydroxylation sites is 2. The maximum atomic E-state index is 12.5. The van der Waals surface area contributed by atoms with Gasteiger partial charge in [0, 0.05) is 11.6 Å². The van der Waals surface area contributed by atoms with Crippen molar-refractivity contribution < 1.29 is 4.79 Å². The summed E-state index contributed by atoms with van der Waals surface area (Å²) in [5, 5.41) is 9.14. The van der Waals surface area contributed by atoms with Crippen LogP contribution in [0.1, 0.15) is 12.0 Å². The average Bonchev–Trinajstić information content (AvgIpc) is 3.38. The maximum absolute atomic E-state index is 12.5. The number of H-pyrrole nitrogens is 1. The number of hydrazone groups is 1. The fourth-order valence-corrected chi connectivity index (χ4v) is 3.54. The molecule has 4 aromatic rings. The number of hydrogen-bond donors (Lipinski definition) is 1. The second-order valence-corrected chi connectivity index (χ2v) is 7.02. The summed E-state index contributed by atoms with van der Waals surface area (Å²) in [7, 11) is 0. The predicted octanol–water partition coefficient (Wildman–Crippen LogP) is 3.97. The van der Waals surface area contributed by atoms with Gasteiger partial charge in [-0.05, 0) is 35.9 Å². The Bertz CT molecular complexity index is 1300. The quantitative estimate of drug-likeness (QED) is 0.569. The summed E-state index contributed by atoms with van der Waals surface area (Å²) < 4.78 is 1.51. The smallest absolute Gasteiger partial charge is 0.271 e. The molecular formula is C24H18N4O2. The second kappa shape index (κ2) is 7.33. The Morgan fingerprint density at radius 3 is 2.13 bits per heavy atom. The highest BCUT2D eigenvalue weighted by molar-refractivity contribution is 6.19. The molecule has 0 aliphatic carbocycles. The van der Waals surface area contributed by atoms with Crippen LogP contribution in [0.25, 0.3) is 16.9 Å². The molecule has 30 heavy (non-hydrogen) atoms. The predicted molar refractivity (Wildman–Crippen MR) is 117 cm³/mol. The van der Waals surface area contributed by atoms with Crippen molar-refractivity contribution in [2.45, 2.75) is 6.42 Å². The summed E-state index contributed by atoms with van der Waals surface area (Å²) >= 11 is 0. The Morgan fingerprint density at radius 1 is 0.733 bits per heavy atom. The standard InChI is InChI=1S/C24H18N4O2/c29-23-15-21(25-27(23)19-10-3-1-4-11-19)17-8-7-9-18(14-17)22-16-24(30)28(26-22)20-12-5-2-6-13-20/h1-15,25H,16H2.